The molecule has 0 unspecified atom stereocenters. The first kappa shape index (κ1) is 13.2. The highest BCUT2D eigenvalue weighted by atomic mass is 79.9. The van der Waals surface area contributed by atoms with E-state index in [4.69, 9.17) is 16.3 Å². The first-order chi connectivity index (χ1) is 8.29. The van der Waals surface area contributed by atoms with E-state index in [0.717, 1.165) is 36.0 Å². The van der Waals surface area contributed by atoms with Crippen molar-refractivity contribution in [3.05, 3.63) is 28.7 Å². The minimum atomic E-state index is 0.703. The first-order valence-electron chi connectivity index (χ1n) is 5.98. The van der Waals surface area contributed by atoms with Crippen molar-refractivity contribution in [3.63, 3.8) is 0 Å². The largest absolute Gasteiger partial charge is 0.492 e. The van der Waals surface area contributed by atoms with Crippen molar-refractivity contribution in [2.75, 3.05) is 25.6 Å². The smallest absolute Gasteiger partial charge is 0.119 e. The molecule has 17 heavy (non-hydrogen) atoms. The van der Waals surface area contributed by atoms with Gasteiger partial charge in [0.15, 0.2) is 0 Å². The topological polar surface area (TPSA) is 12.5 Å². The summed E-state index contributed by atoms with van der Waals surface area (Å²) in [5, 5.41) is 0. The predicted octanol–water partition coefficient (Wildman–Crippen LogP) is 3.53. The molecule has 1 fully saturated rings. The van der Waals surface area contributed by atoms with E-state index < -0.39 is 0 Å². The third-order valence-corrected chi connectivity index (χ3v) is 3.59. The van der Waals surface area contributed by atoms with Crippen molar-refractivity contribution in [3.8, 4) is 5.75 Å². The summed E-state index contributed by atoms with van der Waals surface area (Å²) in [6, 6.07) is 8.70. The van der Waals surface area contributed by atoms with E-state index >= 15 is 0 Å². The second kappa shape index (κ2) is 6.62. The second-order valence-corrected chi connectivity index (χ2v) is 5.55. The molecule has 1 aromatic rings. The number of ether oxygens (including phenoxy) is 1. The van der Waals surface area contributed by atoms with Crippen LogP contribution < -0.4 is 4.74 Å². The van der Waals surface area contributed by atoms with Gasteiger partial charge in [-0.3, -0.25) is 4.90 Å². The molecular formula is C13H17BrClNO. The van der Waals surface area contributed by atoms with E-state index in [0.29, 0.717) is 5.88 Å². The van der Waals surface area contributed by atoms with Gasteiger partial charge in [0.25, 0.3) is 0 Å². The molecule has 0 aromatic heterocycles. The molecule has 0 aliphatic heterocycles. The van der Waals surface area contributed by atoms with E-state index in [2.05, 4.69) is 20.8 Å². The van der Waals surface area contributed by atoms with Crippen LogP contribution in [0.3, 0.4) is 0 Å². The summed E-state index contributed by atoms with van der Waals surface area (Å²) in [5.74, 6) is 1.63. The average molecular weight is 319 g/mol. The fourth-order valence-corrected chi connectivity index (χ4v) is 2.32. The summed E-state index contributed by atoms with van der Waals surface area (Å²) in [6.45, 7) is 2.67. The Kier molecular flexibility index (Phi) is 5.14. The summed E-state index contributed by atoms with van der Waals surface area (Å²) >= 11 is 9.20. The lowest BCUT2D eigenvalue weighted by Crippen LogP contribution is -2.32. The maximum atomic E-state index is 5.79. The van der Waals surface area contributed by atoms with Crippen LogP contribution in [-0.2, 0) is 0 Å². The van der Waals surface area contributed by atoms with Crippen LogP contribution in [0.2, 0.25) is 0 Å². The first-order valence-corrected chi connectivity index (χ1v) is 7.31. The summed E-state index contributed by atoms with van der Waals surface area (Å²) in [7, 11) is 0. The van der Waals surface area contributed by atoms with Gasteiger partial charge in [0.2, 0.25) is 0 Å². The van der Waals surface area contributed by atoms with Gasteiger partial charge in [-0.15, -0.1) is 11.6 Å². The van der Waals surface area contributed by atoms with Crippen LogP contribution in [0, 0.1) is 0 Å². The molecule has 0 spiro atoms. The fourth-order valence-electron chi connectivity index (χ4n) is 1.84. The molecule has 0 saturated heterocycles. The van der Waals surface area contributed by atoms with Gasteiger partial charge in [0, 0.05) is 29.5 Å². The quantitative estimate of drug-likeness (QED) is 0.713. The van der Waals surface area contributed by atoms with Crippen molar-refractivity contribution < 1.29 is 4.74 Å². The zero-order valence-corrected chi connectivity index (χ0v) is 12.1. The van der Waals surface area contributed by atoms with E-state index in [9.17, 15) is 0 Å². The van der Waals surface area contributed by atoms with Crippen molar-refractivity contribution >= 4 is 27.5 Å². The number of benzene rings is 1. The van der Waals surface area contributed by atoms with Gasteiger partial charge < -0.3 is 4.74 Å². The molecule has 1 aliphatic rings. The fraction of sp³-hybridized carbons (Fsp3) is 0.538. The SMILES string of the molecule is ClCCN(CCOc1ccc(Br)cc1)C1CC1. The average Bonchev–Trinajstić information content (AvgIpc) is 3.15. The summed E-state index contributed by atoms with van der Waals surface area (Å²) in [4.78, 5) is 2.42. The zero-order valence-electron chi connectivity index (χ0n) is 9.74. The zero-order chi connectivity index (χ0) is 12.1. The van der Waals surface area contributed by atoms with Gasteiger partial charge in [-0.2, -0.15) is 0 Å². The Hall–Kier alpha value is -0.250. The van der Waals surface area contributed by atoms with Crippen LogP contribution in [0.15, 0.2) is 28.7 Å². The number of alkyl halides is 1. The molecule has 94 valence electrons. The summed E-state index contributed by atoms with van der Waals surface area (Å²) in [6.07, 6.45) is 2.63. The van der Waals surface area contributed by atoms with Crippen LogP contribution in [0.4, 0.5) is 0 Å². The third kappa shape index (κ3) is 4.49. The van der Waals surface area contributed by atoms with E-state index in [-0.39, 0.29) is 0 Å². The molecule has 1 aromatic carbocycles. The van der Waals surface area contributed by atoms with E-state index in [1.54, 1.807) is 0 Å². The third-order valence-electron chi connectivity index (χ3n) is 2.90. The number of halogens is 2. The van der Waals surface area contributed by atoms with Gasteiger partial charge in [-0.05, 0) is 37.1 Å². The summed E-state index contributed by atoms with van der Waals surface area (Å²) in [5.41, 5.74) is 0. The monoisotopic (exact) mass is 317 g/mol. The number of hydrogen-bond donors (Lipinski definition) is 0. The van der Waals surface area contributed by atoms with Gasteiger partial charge in [0.1, 0.15) is 12.4 Å². The normalized spacial score (nSPS) is 15.2. The Morgan fingerprint density at radius 2 is 1.94 bits per heavy atom. The van der Waals surface area contributed by atoms with Crippen LogP contribution in [-0.4, -0.2) is 36.5 Å². The number of nitrogens with zero attached hydrogens (tertiary/aromatic N) is 1. The molecular weight excluding hydrogens is 302 g/mol. The van der Waals surface area contributed by atoms with Crippen LogP contribution in [0.25, 0.3) is 0 Å². The van der Waals surface area contributed by atoms with Crippen LogP contribution in [0.5, 0.6) is 5.75 Å². The number of rotatable bonds is 7. The molecule has 0 amide bonds. The van der Waals surface area contributed by atoms with Gasteiger partial charge in [-0.25, -0.2) is 0 Å². The Labute approximate surface area is 116 Å². The molecule has 1 saturated carbocycles. The maximum Gasteiger partial charge on any atom is 0.119 e. The molecule has 2 nitrogen and oxygen atoms in total. The molecule has 4 heteroatoms. The van der Waals surface area contributed by atoms with Crippen LogP contribution in [0.1, 0.15) is 12.8 Å². The van der Waals surface area contributed by atoms with E-state index in [1.165, 1.54) is 12.8 Å². The van der Waals surface area contributed by atoms with Crippen LogP contribution >= 0.6 is 27.5 Å². The maximum absolute atomic E-state index is 5.79. The lowest BCUT2D eigenvalue weighted by molar-refractivity contribution is 0.210. The molecule has 0 heterocycles. The minimum absolute atomic E-state index is 0.703. The predicted molar refractivity (Wildman–Crippen MR) is 75.0 cm³/mol. The molecule has 0 atom stereocenters. The van der Waals surface area contributed by atoms with Crippen molar-refractivity contribution in [2.24, 2.45) is 0 Å². The summed E-state index contributed by atoms with van der Waals surface area (Å²) < 4.78 is 6.79. The Bertz CT molecular complexity index is 340. The van der Waals surface area contributed by atoms with E-state index in [1.807, 2.05) is 24.3 Å². The van der Waals surface area contributed by atoms with Crippen molar-refractivity contribution in [1.82, 2.24) is 4.90 Å². The van der Waals surface area contributed by atoms with Gasteiger partial charge >= 0.3 is 0 Å². The number of hydrogen-bond acceptors (Lipinski definition) is 2. The lowest BCUT2D eigenvalue weighted by Gasteiger charge is -2.20. The molecule has 0 bridgehead atoms. The molecule has 0 radical (unpaired) electrons. The highest BCUT2D eigenvalue weighted by molar-refractivity contribution is 9.10. The standard InChI is InChI=1S/C13H17BrClNO/c14-11-1-5-13(6-2-11)17-10-9-16(8-7-15)12-3-4-12/h1-2,5-6,12H,3-4,7-10H2. The van der Waals surface area contributed by atoms with Crippen molar-refractivity contribution in [2.45, 2.75) is 18.9 Å². The molecule has 2 rings (SSSR count). The molecule has 0 N–H and O–H groups in total. The highest BCUT2D eigenvalue weighted by Gasteiger charge is 2.27. The Morgan fingerprint density at radius 1 is 1.24 bits per heavy atom. The molecule has 1 aliphatic carbocycles. The lowest BCUT2D eigenvalue weighted by atomic mass is 10.3. The highest BCUT2D eigenvalue weighted by Crippen LogP contribution is 2.26. The van der Waals surface area contributed by atoms with Crippen molar-refractivity contribution in [1.29, 1.82) is 0 Å². The Morgan fingerprint density at radius 3 is 2.53 bits per heavy atom. The van der Waals surface area contributed by atoms with Gasteiger partial charge in [-0.1, -0.05) is 15.9 Å². The minimum Gasteiger partial charge on any atom is -0.492 e. The Balaban J connectivity index is 1.72. The van der Waals surface area contributed by atoms with Gasteiger partial charge in [0.05, 0.1) is 0 Å². The second-order valence-electron chi connectivity index (χ2n) is 4.26.